The van der Waals surface area contributed by atoms with Gasteiger partial charge in [-0.15, -0.1) is 0 Å². The van der Waals surface area contributed by atoms with Gasteiger partial charge in [0.15, 0.2) is 5.82 Å². The number of nitrogens with zero attached hydrogens (tertiary/aromatic N) is 4. The highest BCUT2D eigenvalue weighted by Crippen LogP contribution is 2.31. The first kappa shape index (κ1) is 15.0. The van der Waals surface area contributed by atoms with Crippen LogP contribution in [0.4, 0.5) is 5.82 Å². The molecule has 3 aromatic rings. The SMILES string of the molecule is OCCC1CCN(c2nc(-c3cccnc3)nc3ccccc23)C1. The standard InChI is InChI=1S/C19H20N4O/c24-11-8-14-7-10-23(13-14)19-16-5-1-2-6-17(16)21-18(22-19)15-4-3-9-20-12-15/h1-6,9,12,14,24H,7-8,10-11,13H2. The van der Waals surface area contributed by atoms with Crippen molar-refractivity contribution < 1.29 is 5.11 Å². The number of fused-ring (bicyclic) bond motifs is 1. The first-order valence-electron chi connectivity index (χ1n) is 8.38. The summed E-state index contributed by atoms with van der Waals surface area (Å²) in [5, 5.41) is 10.3. The Labute approximate surface area is 141 Å². The van der Waals surface area contributed by atoms with Crippen LogP contribution in [0, 0.1) is 5.92 Å². The lowest BCUT2D eigenvalue weighted by molar-refractivity contribution is 0.263. The summed E-state index contributed by atoms with van der Waals surface area (Å²) in [4.78, 5) is 16.1. The monoisotopic (exact) mass is 320 g/mol. The predicted molar refractivity (Wildman–Crippen MR) is 94.8 cm³/mol. The number of aromatic nitrogens is 3. The van der Waals surface area contributed by atoms with Gasteiger partial charge in [0, 0.05) is 43.0 Å². The molecule has 1 aromatic carbocycles. The first-order valence-corrected chi connectivity index (χ1v) is 8.38. The van der Waals surface area contributed by atoms with Crippen molar-refractivity contribution in [2.24, 2.45) is 5.92 Å². The lowest BCUT2D eigenvalue weighted by atomic mass is 10.1. The summed E-state index contributed by atoms with van der Waals surface area (Å²) in [6.45, 7) is 2.16. The Morgan fingerprint density at radius 2 is 2.04 bits per heavy atom. The molecule has 24 heavy (non-hydrogen) atoms. The van der Waals surface area contributed by atoms with Crippen LogP contribution in [-0.4, -0.2) is 39.8 Å². The lowest BCUT2D eigenvalue weighted by Crippen LogP contribution is -2.22. The Balaban J connectivity index is 1.79. The van der Waals surface area contributed by atoms with Crippen molar-refractivity contribution in [1.82, 2.24) is 15.0 Å². The van der Waals surface area contributed by atoms with Crippen LogP contribution in [0.5, 0.6) is 0 Å². The molecule has 0 radical (unpaired) electrons. The molecular weight excluding hydrogens is 300 g/mol. The maximum atomic E-state index is 9.20. The van der Waals surface area contributed by atoms with Gasteiger partial charge in [0.1, 0.15) is 5.82 Å². The minimum absolute atomic E-state index is 0.254. The van der Waals surface area contributed by atoms with Crippen LogP contribution in [0.15, 0.2) is 48.8 Å². The van der Waals surface area contributed by atoms with Crippen molar-refractivity contribution in [2.45, 2.75) is 12.8 Å². The number of rotatable bonds is 4. The zero-order valence-electron chi connectivity index (χ0n) is 13.5. The number of anilines is 1. The van der Waals surface area contributed by atoms with Crippen molar-refractivity contribution >= 4 is 16.7 Å². The zero-order chi connectivity index (χ0) is 16.4. The average molecular weight is 320 g/mol. The molecule has 4 rings (SSSR count). The van der Waals surface area contributed by atoms with Gasteiger partial charge in [-0.2, -0.15) is 0 Å². The Hall–Kier alpha value is -2.53. The Morgan fingerprint density at radius 3 is 2.88 bits per heavy atom. The number of aliphatic hydroxyl groups is 1. The second kappa shape index (κ2) is 6.53. The van der Waals surface area contributed by atoms with E-state index >= 15 is 0 Å². The highest BCUT2D eigenvalue weighted by molar-refractivity contribution is 5.91. The zero-order valence-corrected chi connectivity index (χ0v) is 13.5. The van der Waals surface area contributed by atoms with Gasteiger partial charge in [0.25, 0.3) is 0 Å². The molecule has 1 fully saturated rings. The van der Waals surface area contributed by atoms with Crippen molar-refractivity contribution in [3.8, 4) is 11.4 Å². The smallest absolute Gasteiger partial charge is 0.163 e. The molecule has 0 amide bonds. The molecule has 5 nitrogen and oxygen atoms in total. The Kier molecular flexibility index (Phi) is 4.09. The van der Waals surface area contributed by atoms with Crippen molar-refractivity contribution in [3.63, 3.8) is 0 Å². The van der Waals surface area contributed by atoms with E-state index in [4.69, 9.17) is 9.97 Å². The van der Waals surface area contributed by atoms with Crippen LogP contribution in [-0.2, 0) is 0 Å². The number of pyridine rings is 1. The molecule has 1 atom stereocenters. The third-order valence-corrected chi connectivity index (χ3v) is 4.63. The maximum absolute atomic E-state index is 9.20. The van der Waals surface area contributed by atoms with E-state index in [0.29, 0.717) is 11.7 Å². The molecule has 122 valence electrons. The highest BCUT2D eigenvalue weighted by Gasteiger charge is 2.25. The molecule has 0 bridgehead atoms. The quantitative estimate of drug-likeness (QED) is 0.801. The number of hydrogen-bond donors (Lipinski definition) is 1. The summed E-state index contributed by atoms with van der Waals surface area (Å²) in [7, 11) is 0. The fourth-order valence-electron chi connectivity index (χ4n) is 3.37. The fourth-order valence-corrected chi connectivity index (χ4v) is 3.37. The number of aliphatic hydroxyl groups excluding tert-OH is 1. The van der Waals surface area contributed by atoms with Crippen molar-refractivity contribution in [2.75, 3.05) is 24.6 Å². The Bertz CT molecular complexity index is 837. The molecule has 1 unspecified atom stereocenters. The van der Waals surface area contributed by atoms with Crippen LogP contribution in [0.3, 0.4) is 0 Å². The van der Waals surface area contributed by atoms with Gasteiger partial charge in [0.2, 0.25) is 0 Å². The van der Waals surface area contributed by atoms with Gasteiger partial charge in [-0.25, -0.2) is 9.97 Å². The normalized spacial score (nSPS) is 17.5. The molecule has 1 saturated heterocycles. The van der Waals surface area contributed by atoms with Gasteiger partial charge in [-0.1, -0.05) is 12.1 Å². The van der Waals surface area contributed by atoms with Crippen LogP contribution in [0.25, 0.3) is 22.3 Å². The molecular formula is C19H20N4O. The fraction of sp³-hybridized carbons (Fsp3) is 0.316. The molecule has 3 heterocycles. The largest absolute Gasteiger partial charge is 0.396 e. The molecule has 1 aliphatic rings. The molecule has 1 N–H and O–H groups in total. The molecule has 0 aliphatic carbocycles. The first-order chi connectivity index (χ1) is 11.8. The van der Waals surface area contributed by atoms with Gasteiger partial charge < -0.3 is 10.0 Å². The van der Waals surface area contributed by atoms with E-state index in [-0.39, 0.29) is 6.61 Å². The highest BCUT2D eigenvalue weighted by atomic mass is 16.3. The van der Waals surface area contributed by atoms with E-state index in [9.17, 15) is 5.11 Å². The third-order valence-electron chi connectivity index (χ3n) is 4.63. The third kappa shape index (κ3) is 2.83. The van der Waals surface area contributed by atoms with Crippen molar-refractivity contribution in [3.05, 3.63) is 48.8 Å². The van der Waals surface area contributed by atoms with Crippen LogP contribution in [0.2, 0.25) is 0 Å². The van der Waals surface area contributed by atoms with Crippen LogP contribution in [0.1, 0.15) is 12.8 Å². The van der Waals surface area contributed by atoms with E-state index in [2.05, 4.69) is 16.0 Å². The van der Waals surface area contributed by atoms with Crippen molar-refractivity contribution in [1.29, 1.82) is 0 Å². The number of benzene rings is 1. The summed E-state index contributed by atoms with van der Waals surface area (Å²) in [6.07, 6.45) is 5.51. The van der Waals surface area contributed by atoms with Gasteiger partial charge >= 0.3 is 0 Å². The second-order valence-electron chi connectivity index (χ2n) is 6.24. The summed E-state index contributed by atoms with van der Waals surface area (Å²) in [5.74, 6) is 2.23. The molecule has 0 spiro atoms. The molecule has 5 heteroatoms. The minimum atomic E-state index is 0.254. The summed E-state index contributed by atoms with van der Waals surface area (Å²) in [6, 6.07) is 12.0. The molecule has 0 saturated carbocycles. The van der Waals surface area contributed by atoms with E-state index in [1.807, 2.05) is 30.3 Å². The minimum Gasteiger partial charge on any atom is -0.396 e. The Morgan fingerprint density at radius 1 is 1.12 bits per heavy atom. The van der Waals surface area contributed by atoms with Gasteiger partial charge in [-0.05, 0) is 43.0 Å². The van der Waals surface area contributed by atoms with E-state index in [1.165, 1.54) is 0 Å². The van der Waals surface area contributed by atoms with E-state index in [1.54, 1.807) is 12.4 Å². The second-order valence-corrected chi connectivity index (χ2v) is 6.24. The summed E-state index contributed by atoms with van der Waals surface area (Å²) >= 11 is 0. The van der Waals surface area contributed by atoms with E-state index < -0.39 is 0 Å². The average Bonchev–Trinajstić information content (AvgIpc) is 3.10. The number of hydrogen-bond acceptors (Lipinski definition) is 5. The van der Waals surface area contributed by atoms with Gasteiger partial charge in [-0.3, -0.25) is 4.98 Å². The number of para-hydroxylation sites is 1. The topological polar surface area (TPSA) is 62.1 Å². The van der Waals surface area contributed by atoms with Gasteiger partial charge in [0.05, 0.1) is 5.52 Å². The summed E-state index contributed by atoms with van der Waals surface area (Å²) in [5.41, 5.74) is 1.88. The van der Waals surface area contributed by atoms with Crippen LogP contribution < -0.4 is 4.90 Å². The predicted octanol–water partition coefficient (Wildman–Crippen LogP) is 2.90. The molecule has 2 aromatic heterocycles. The lowest BCUT2D eigenvalue weighted by Gasteiger charge is -2.20. The van der Waals surface area contributed by atoms with E-state index in [0.717, 1.165) is 48.2 Å². The molecule has 1 aliphatic heterocycles. The van der Waals surface area contributed by atoms with Crippen LogP contribution >= 0.6 is 0 Å². The summed E-state index contributed by atoms with van der Waals surface area (Å²) < 4.78 is 0. The maximum Gasteiger partial charge on any atom is 0.163 e.